The van der Waals surface area contributed by atoms with Crippen molar-refractivity contribution in [2.24, 2.45) is 34.8 Å². The third kappa shape index (κ3) is 5.39. The highest BCUT2D eigenvalue weighted by molar-refractivity contribution is 5.99. The Kier molecular flexibility index (Phi) is 8.77. The number of methoxy groups -OCH3 is 1. The summed E-state index contributed by atoms with van der Waals surface area (Å²) >= 11 is 0. The van der Waals surface area contributed by atoms with Gasteiger partial charge in [-0.05, 0) is 49.0 Å². The Hall–Kier alpha value is -3.18. The van der Waals surface area contributed by atoms with Crippen molar-refractivity contribution in [1.82, 2.24) is 15.7 Å². The van der Waals surface area contributed by atoms with Crippen LogP contribution in [0.4, 0.5) is 0 Å². The van der Waals surface area contributed by atoms with Crippen molar-refractivity contribution in [1.29, 1.82) is 0 Å². The summed E-state index contributed by atoms with van der Waals surface area (Å²) in [6, 6.07) is 9.76. The molecule has 10 nitrogen and oxygen atoms in total. The molecular weight excluding hydrogens is 548 g/mol. The molecule has 2 aromatic rings. The molecule has 4 fully saturated rings. The number of nitrogens with zero attached hydrogens (tertiary/aromatic N) is 1. The van der Waals surface area contributed by atoms with Gasteiger partial charge >= 0.3 is 0 Å². The van der Waals surface area contributed by atoms with Crippen LogP contribution in [0.25, 0.3) is 11.1 Å². The number of phenols is 1. The summed E-state index contributed by atoms with van der Waals surface area (Å²) in [6.45, 7) is 8.88. The van der Waals surface area contributed by atoms with Crippen LogP contribution in [0.15, 0.2) is 36.4 Å². The number of carbonyl (C=O) groups is 2. The standard InChI is InChI=1S/C33H46N4O6/c1-17-24-13-20(33(24,3)4)14-25(17)36-32(41)28-27(18(2)38)26(15-34)43-37(28)16-19-9-7-11-22(30(19)42-6)21-10-8-12-23(29(21)39)31(40)35-5/h7-12,17-18,20,24-28,38-39H,13-16,34H2,1-6H3,(H,35,40)(H,36,41)/t17-,18-,20+,24+,25-,26-,27-,28-/m0/s1. The predicted octanol–water partition coefficient (Wildman–Crippen LogP) is 3.05. The van der Waals surface area contributed by atoms with E-state index in [0.29, 0.717) is 45.6 Å². The first kappa shape index (κ1) is 31.3. The molecule has 0 unspecified atom stereocenters. The first-order valence-corrected chi connectivity index (χ1v) is 15.3. The van der Waals surface area contributed by atoms with Gasteiger partial charge in [0.15, 0.2) is 0 Å². The van der Waals surface area contributed by atoms with Crippen LogP contribution in [-0.2, 0) is 16.2 Å². The van der Waals surface area contributed by atoms with Crippen LogP contribution < -0.4 is 21.1 Å². The van der Waals surface area contributed by atoms with E-state index in [1.54, 1.807) is 36.3 Å². The molecule has 1 aliphatic heterocycles. The van der Waals surface area contributed by atoms with Crippen molar-refractivity contribution in [3.05, 3.63) is 47.5 Å². The van der Waals surface area contributed by atoms with Gasteiger partial charge in [0.1, 0.15) is 17.5 Å². The fraction of sp³-hybridized carbons (Fsp3) is 0.576. The van der Waals surface area contributed by atoms with E-state index in [4.69, 9.17) is 15.3 Å². The van der Waals surface area contributed by atoms with Crippen molar-refractivity contribution in [3.8, 4) is 22.6 Å². The number of hydrogen-bond donors (Lipinski definition) is 5. The molecule has 6 N–H and O–H groups in total. The lowest BCUT2D eigenvalue weighted by atomic mass is 9.45. The Morgan fingerprint density at radius 2 is 1.88 bits per heavy atom. The number of phenolic OH excluding ortho intramolecular Hbond substituents is 1. The molecule has 0 aromatic heterocycles. The Balaban J connectivity index is 1.45. The van der Waals surface area contributed by atoms with Gasteiger partial charge in [-0.15, -0.1) is 0 Å². The molecule has 10 heteroatoms. The number of hydroxylamine groups is 2. The number of aromatic hydroxyl groups is 1. The average molecular weight is 595 g/mol. The number of benzene rings is 2. The lowest BCUT2D eigenvalue weighted by molar-refractivity contribution is -0.175. The van der Waals surface area contributed by atoms with Crippen LogP contribution >= 0.6 is 0 Å². The quantitative estimate of drug-likeness (QED) is 0.298. The Morgan fingerprint density at radius 1 is 1.19 bits per heavy atom. The van der Waals surface area contributed by atoms with Crippen LogP contribution in [-0.4, -0.2) is 72.1 Å². The van der Waals surface area contributed by atoms with Gasteiger partial charge in [0.05, 0.1) is 31.4 Å². The number of carbonyl (C=O) groups excluding carboxylic acids is 2. The topological polar surface area (TPSA) is 146 Å². The van der Waals surface area contributed by atoms with Crippen LogP contribution in [0, 0.1) is 29.1 Å². The minimum Gasteiger partial charge on any atom is -0.506 e. The van der Waals surface area contributed by atoms with Gasteiger partial charge in [0.2, 0.25) is 5.91 Å². The first-order chi connectivity index (χ1) is 20.4. The van der Waals surface area contributed by atoms with Gasteiger partial charge in [-0.3, -0.25) is 14.4 Å². The molecule has 4 aliphatic rings. The molecular formula is C33H46N4O6. The lowest BCUT2D eigenvalue weighted by Gasteiger charge is -2.62. The summed E-state index contributed by atoms with van der Waals surface area (Å²) < 4.78 is 5.85. The van der Waals surface area contributed by atoms with E-state index in [1.165, 1.54) is 20.6 Å². The van der Waals surface area contributed by atoms with E-state index in [2.05, 4.69) is 31.4 Å². The lowest BCUT2D eigenvalue weighted by Crippen LogP contribution is -2.62. The molecule has 234 valence electrons. The fourth-order valence-electron chi connectivity index (χ4n) is 7.94. The van der Waals surface area contributed by atoms with Crippen LogP contribution in [0.5, 0.6) is 11.5 Å². The van der Waals surface area contributed by atoms with Crippen molar-refractivity contribution in [2.75, 3.05) is 20.7 Å². The molecule has 2 bridgehead atoms. The number of nitrogens with one attached hydrogen (secondary N) is 2. The van der Waals surface area contributed by atoms with E-state index < -0.39 is 30.1 Å². The zero-order chi connectivity index (χ0) is 31.2. The average Bonchev–Trinajstić information content (AvgIpc) is 3.36. The van der Waals surface area contributed by atoms with Gasteiger partial charge in [-0.1, -0.05) is 51.1 Å². The van der Waals surface area contributed by atoms with E-state index in [-0.39, 0.29) is 36.4 Å². The highest BCUT2D eigenvalue weighted by atomic mass is 16.7. The second-order valence-corrected chi connectivity index (χ2v) is 13.1. The van der Waals surface area contributed by atoms with E-state index in [9.17, 15) is 19.8 Å². The summed E-state index contributed by atoms with van der Waals surface area (Å²) in [5.41, 5.74) is 8.26. The van der Waals surface area contributed by atoms with Crippen molar-refractivity contribution >= 4 is 11.8 Å². The maximum Gasteiger partial charge on any atom is 0.254 e. The van der Waals surface area contributed by atoms with Gasteiger partial charge in [0, 0.05) is 42.2 Å². The molecule has 6 rings (SSSR count). The van der Waals surface area contributed by atoms with Crippen molar-refractivity contribution in [3.63, 3.8) is 0 Å². The summed E-state index contributed by atoms with van der Waals surface area (Å²) in [5, 5.41) is 29.3. The minimum absolute atomic E-state index is 0.0612. The zero-order valence-electron chi connectivity index (χ0n) is 26.0. The van der Waals surface area contributed by atoms with E-state index in [0.717, 1.165) is 6.42 Å². The molecule has 2 aromatic carbocycles. The number of aliphatic hydroxyl groups excluding tert-OH is 1. The van der Waals surface area contributed by atoms with Gasteiger partial charge in [0.25, 0.3) is 5.91 Å². The third-order valence-corrected chi connectivity index (χ3v) is 10.5. The summed E-state index contributed by atoms with van der Waals surface area (Å²) in [5.74, 6) is 0.715. The maximum atomic E-state index is 14.0. The number of aliphatic hydroxyl groups is 1. The molecule has 2 amide bonds. The van der Waals surface area contributed by atoms with Crippen molar-refractivity contribution in [2.45, 2.75) is 71.4 Å². The first-order valence-electron chi connectivity index (χ1n) is 15.3. The SMILES string of the molecule is CNC(=O)c1cccc(-c2cccc(CN3O[C@@H](CN)[C@H]([C@H](C)O)[C@H]3C(=O)N[C@H]3C[C@H]4C[C@H]([C@@H]3C)C4(C)C)c2OC)c1O. The predicted molar refractivity (Wildman–Crippen MR) is 163 cm³/mol. The maximum absolute atomic E-state index is 14.0. The molecule has 1 saturated heterocycles. The van der Waals surface area contributed by atoms with Gasteiger partial charge in [-0.25, -0.2) is 0 Å². The van der Waals surface area contributed by atoms with Crippen LogP contribution in [0.2, 0.25) is 0 Å². The number of rotatable bonds is 9. The van der Waals surface area contributed by atoms with Crippen molar-refractivity contribution < 1.29 is 29.4 Å². The Labute approximate surface area is 253 Å². The highest BCUT2D eigenvalue weighted by Gasteiger charge is 2.57. The largest absolute Gasteiger partial charge is 0.506 e. The zero-order valence-corrected chi connectivity index (χ0v) is 26.0. The molecule has 8 atom stereocenters. The molecule has 0 radical (unpaired) electrons. The van der Waals surface area contributed by atoms with Crippen LogP contribution in [0.3, 0.4) is 0 Å². The summed E-state index contributed by atoms with van der Waals surface area (Å²) in [7, 11) is 3.04. The number of fused-ring (bicyclic) bond motifs is 2. The van der Waals surface area contributed by atoms with E-state index >= 15 is 0 Å². The second kappa shape index (κ2) is 12.1. The molecule has 43 heavy (non-hydrogen) atoms. The monoisotopic (exact) mass is 594 g/mol. The van der Waals surface area contributed by atoms with Gasteiger partial charge in [-0.2, -0.15) is 5.06 Å². The summed E-state index contributed by atoms with van der Waals surface area (Å²) in [6.07, 6.45) is 0.776. The highest BCUT2D eigenvalue weighted by Crippen LogP contribution is 2.61. The third-order valence-electron chi connectivity index (χ3n) is 10.5. The number of nitrogens with two attached hydrogens (primary N) is 1. The second-order valence-electron chi connectivity index (χ2n) is 13.1. The Morgan fingerprint density at radius 3 is 2.49 bits per heavy atom. The normalized spacial score (nSPS) is 30.3. The Bertz CT molecular complexity index is 1360. The molecule has 1 heterocycles. The minimum atomic E-state index is -0.831. The fourth-order valence-corrected chi connectivity index (χ4v) is 7.94. The van der Waals surface area contributed by atoms with E-state index in [1.807, 2.05) is 12.1 Å². The number of hydrogen-bond acceptors (Lipinski definition) is 8. The molecule has 3 aliphatic carbocycles. The number of amides is 2. The smallest absolute Gasteiger partial charge is 0.254 e. The molecule has 3 saturated carbocycles. The van der Waals surface area contributed by atoms with Crippen LogP contribution in [0.1, 0.15) is 56.5 Å². The molecule has 0 spiro atoms. The number of ether oxygens (including phenoxy) is 1. The summed E-state index contributed by atoms with van der Waals surface area (Å²) in [4.78, 5) is 32.6. The van der Waals surface area contributed by atoms with Gasteiger partial charge < -0.3 is 31.3 Å². The number of para-hydroxylation sites is 2.